The van der Waals surface area contributed by atoms with Crippen LogP contribution in [0.15, 0.2) is 4.47 Å². The third-order valence-corrected chi connectivity index (χ3v) is 4.00. The maximum absolute atomic E-state index is 12.1. The fourth-order valence-corrected chi connectivity index (χ4v) is 2.49. The average molecular weight is 372 g/mol. The zero-order valence-corrected chi connectivity index (χ0v) is 14.0. The number of aryl methyl sites for hydroxylation is 2. The van der Waals surface area contributed by atoms with Crippen LogP contribution < -0.4 is 5.32 Å². The lowest BCUT2D eigenvalue weighted by atomic mass is 10.1. The largest absolute Gasteiger partial charge is 0.411 e. The van der Waals surface area contributed by atoms with Crippen molar-refractivity contribution in [2.24, 2.45) is 7.05 Å². The first-order valence-electron chi connectivity index (χ1n) is 6.80. The molecule has 21 heavy (non-hydrogen) atoms. The van der Waals surface area contributed by atoms with Gasteiger partial charge in [0.15, 0.2) is 0 Å². The Balaban J connectivity index is 2.64. The summed E-state index contributed by atoms with van der Waals surface area (Å²) >= 11 is 3.47. The monoisotopic (exact) mass is 371 g/mol. The Kier molecular flexibility index (Phi) is 7.15. The van der Waals surface area contributed by atoms with Crippen molar-refractivity contribution in [2.45, 2.75) is 38.9 Å². The van der Waals surface area contributed by atoms with Crippen LogP contribution in [0.25, 0.3) is 0 Å². The minimum atomic E-state index is -4.29. The molecule has 0 saturated carbocycles. The molecule has 1 heterocycles. The van der Waals surface area contributed by atoms with Crippen LogP contribution in [0.3, 0.4) is 0 Å². The van der Waals surface area contributed by atoms with Gasteiger partial charge in [-0.25, -0.2) is 0 Å². The van der Waals surface area contributed by atoms with Crippen molar-refractivity contribution in [1.29, 1.82) is 0 Å². The van der Waals surface area contributed by atoms with Crippen LogP contribution in [0.5, 0.6) is 0 Å². The maximum Gasteiger partial charge on any atom is 0.411 e. The van der Waals surface area contributed by atoms with E-state index in [-0.39, 0.29) is 12.6 Å². The number of nitrogens with zero attached hydrogens (tertiary/aromatic N) is 2. The van der Waals surface area contributed by atoms with E-state index in [0.717, 1.165) is 28.8 Å². The Labute approximate surface area is 131 Å². The van der Waals surface area contributed by atoms with E-state index in [2.05, 4.69) is 26.3 Å². The summed E-state index contributed by atoms with van der Waals surface area (Å²) in [6.45, 7) is 3.40. The van der Waals surface area contributed by atoms with Gasteiger partial charge in [0, 0.05) is 19.5 Å². The highest BCUT2D eigenvalue weighted by molar-refractivity contribution is 9.10. The number of hydrogen-bond donors (Lipinski definition) is 1. The first-order valence-corrected chi connectivity index (χ1v) is 7.59. The van der Waals surface area contributed by atoms with E-state index < -0.39 is 12.8 Å². The number of halogens is 4. The summed E-state index contributed by atoms with van der Waals surface area (Å²) in [7, 11) is 1.82. The molecule has 0 spiro atoms. The molecule has 1 rings (SSSR count). The molecule has 1 atom stereocenters. The van der Waals surface area contributed by atoms with Gasteiger partial charge in [-0.15, -0.1) is 0 Å². The zero-order chi connectivity index (χ0) is 16.0. The van der Waals surface area contributed by atoms with Gasteiger partial charge in [-0.3, -0.25) is 4.68 Å². The van der Waals surface area contributed by atoms with E-state index in [1.54, 1.807) is 4.68 Å². The molecule has 0 amide bonds. The van der Waals surface area contributed by atoms with Gasteiger partial charge in [0.2, 0.25) is 0 Å². The van der Waals surface area contributed by atoms with Crippen LogP contribution in [0.2, 0.25) is 0 Å². The summed E-state index contributed by atoms with van der Waals surface area (Å²) in [6, 6.07) is -0.182. The second kappa shape index (κ2) is 8.14. The lowest BCUT2D eigenvalue weighted by Crippen LogP contribution is -2.37. The van der Waals surface area contributed by atoms with Crippen LogP contribution in [0.4, 0.5) is 13.2 Å². The second-order valence-corrected chi connectivity index (χ2v) is 5.75. The number of hydrogen-bond acceptors (Lipinski definition) is 3. The molecular weight excluding hydrogens is 351 g/mol. The molecule has 1 aromatic heterocycles. The first kappa shape index (κ1) is 18.4. The van der Waals surface area contributed by atoms with Crippen molar-refractivity contribution >= 4 is 15.9 Å². The SMILES string of the molecule is CCCNC(COCC(F)(F)F)Cc1c(Br)c(C)nn1C. The summed E-state index contributed by atoms with van der Waals surface area (Å²) in [5, 5.41) is 7.50. The van der Waals surface area contributed by atoms with E-state index in [4.69, 9.17) is 4.74 Å². The highest BCUT2D eigenvalue weighted by Crippen LogP contribution is 2.22. The highest BCUT2D eigenvalue weighted by atomic mass is 79.9. The van der Waals surface area contributed by atoms with E-state index in [0.29, 0.717) is 6.42 Å². The van der Waals surface area contributed by atoms with E-state index in [1.165, 1.54) is 0 Å². The number of aromatic nitrogens is 2. The summed E-state index contributed by atoms with van der Waals surface area (Å²) in [5.41, 5.74) is 1.80. The topological polar surface area (TPSA) is 39.1 Å². The second-order valence-electron chi connectivity index (χ2n) is 4.96. The summed E-state index contributed by atoms with van der Waals surface area (Å²) in [5.74, 6) is 0. The van der Waals surface area contributed by atoms with E-state index in [9.17, 15) is 13.2 Å². The third-order valence-electron chi connectivity index (χ3n) is 2.97. The van der Waals surface area contributed by atoms with Crippen molar-refractivity contribution in [2.75, 3.05) is 19.8 Å². The summed E-state index contributed by atoms with van der Waals surface area (Å²) in [4.78, 5) is 0. The molecule has 0 bridgehead atoms. The molecule has 0 radical (unpaired) electrons. The van der Waals surface area contributed by atoms with Crippen LogP contribution >= 0.6 is 15.9 Å². The van der Waals surface area contributed by atoms with Gasteiger partial charge in [0.05, 0.1) is 22.5 Å². The first-order chi connectivity index (χ1) is 9.74. The molecule has 8 heteroatoms. The Bertz CT molecular complexity index is 449. The molecular formula is C13H21BrF3N3O. The van der Waals surface area contributed by atoms with Crippen LogP contribution in [0, 0.1) is 6.92 Å². The minimum absolute atomic E-state index is 0.0101. The molecule has 0 saturated heterocycles. The number of alkyl halides is 3. The van der Waals surface area contributed by atoms with Gasteiger partial charge < -0.3 is 10.1 Å². The lowest BCUT2D eigenvalue weighted by molar-refractivity contribution is -0.175. The van der Waals surface area contributed by atoms with Gasteiger partial charge in [-0.2, -0.15) is 18.3 Å². The van der Waals surface area contributed by atoms with Crippen molar-refractivity contribution in [3.63, 3.8) is 0 Å². The number of rotatable bonds is 8. The highest BCUT2D eigenvalue weighted by Gasteiger charge is 2.28. The Morgan fingerprint density at radius 3 is 2.57 bits per heavy atom. The molecule has 4 nitrogen and oxygen atoms in total. The smallest absolute Gasteiger partial charge is 0.370 e. The normalized spacial score (nSPS) is 13.7. The molecule has 0 fully saturated rings. The lowest BCUT2D eigenvalue weighted by Gasteiger charge is -2.19. The molecule has 122 valence electrons. The van der Waals surface area contributed by atoms with Crippen LogP contribution in [0.1, 0.15) is 24.7 Å². The Morgan fingerprint density at radius 2 is 2.10 bits per heavy atom. The molecule has 0 aliphatic heterocycles. The number of ether oxygens (including phenoxy) is 1. The van der Waals surface area contributed by atoms with Crippen molar-refractivity contribution in [3.05, 3.63) is 15.9 Å². The fraction of sp³-hybridized carbons (Fsp3) is 0.769. The summed E-state index contributed by atoms with van der Waals surface area (Å²) in [6.07, 6.45) is -2.84. The van der Waals surface area contributed by atoms with Gasteiger partial charge in [0.1, 0.15) is 6.61 Å². The van der Waals surface area contributed by atoms with Crippen LogP contribution in [-0.2, 0) is 18.2 Å². The van der Waals surface area contributed by atoms with E-state index >= 15 is 0 Å². The predicted molar refractivity (Wildman–Crippen MR) is 78.3 cm³/mol. The molecule has 1 N–H and O–H groups in total. The molecule has 0 aromatic carbocycles. The van der Waals surface area contributed by atoms with Gasteiger partial charge in [-0.1, -0.05) is 6.92 Å². The molecule has 1 unspecified atom stereocenters. The minimum Gasteiger partial charge on any atom is -0.370 e. The van der Waals surface area contributed by atoms with Crippen molar-refractivity contribution < 1.29 is 17.9 Å². The summed E-state index contributed by atoms with van der Waals surface area (Å²) < 4.78 is 43.9. The third kappa shape index (κ3) is 6.36. The van der Waals surface area contributed by atoms with Gasteiger partial charge in [-0.05, 0) is 35.8 Å². The fourth-order valence-electron chi connectivity index (χ4n) is 1.99. The molecule has 1 aromatic rings. The van der Waals surface area contributed by atoms with Gasteiger partial charge >= 0.3 is 6.18 Å². The Morgan fingerprint density at radius 1 is 1.43 bits per heavy atom. The van der Waals surface area contributed by atoms with Crippen molar-refractivity contribution in [1.82, 2.24) is 15.1 Å². The average Bonchev–Trinajstić information content (AvgIpc) is 2.60. The van der Waals surface area contributed by atoms with Gasteiger partial charge in [0.25, 0.3) is 0 Å². The maximum atomic E-state index is 12.1. The zero-order valence-electron chi connectivity index (χ0n) is 12.4. The number of nitrogens with one attached hydrogen (secondary N) is 1. The predicted octanol–water partition coefficient (Wildman–Crippen LogP) is 2.98. The van der Waals surface area contributed by atoms with Crippen LogP contribution in [-0.4, -0.2) is 41.8 Å². The van der Waals surface area contributed by atoms with Crippen molar-refractivity contribution in [3.8, 4) is 0 Å². The quantitative estimate of drug-likeness (QED) is 0.763. The standard InChI is InChI=1S/C13H21BrF3N3O/c1-4-5-18-10(7-21-8-13(15,16)17)6-11-12(14)9(2)19-20(11)3/h10,18H,4-8H2,1-3H3. The molecule has 0 aliphatic carbocycles. The Hall–Kier alpha value is -0.600. The molecule has 0 aliphatic rings. The van der Waals surface area contributed by atoms with E-state index in [1.807, 2.05) is 20.9 Å².